The van der Waals surface area contributed by atoms with Crippen molar-refractivity contribution in [3.8, 4) is 0 Å². The second-order valence-electron chi connectivity index (χ2n) is 5.09. The Hall–Kier alpha value is -0.380. The Kier molecular flexibility index (Phi) is 4.38. The van der Waals surface area contributed by atoms with Gasteiger partial charge in [-0.2, -0.15) is 0 Å². The summed E-state index contributed by atoms with van der Waals surface area (Å²) in [6.07, 6.45) is 6.91. The largest absolute Gasteiger partial charge is 0.372 e. The van der Waals surface area contributed by atoms with Crippen molar-refractivity contribution >= 4 is 0 Å². The summed E-state index contributed by atoms with van der Waals surface area (Å²) >= 11 is 0. The maximum absolute atomic E-state index is 6.02. The molecule has 92 valence electrons. The SMILES string of the molecule is CNCC1CCC(CN2CCC=C(C)C2)O1. The van der Waals surface area contributed by atoms with E-state index in [9.17, 15) is 0 Å². The Morgan fingerprint density at radius 3 is 3.00 bits per heavy atom. The van der Waals surface area contributed by atoms with Gasteiger partial charge in [0.1, 0.15) is 0 Å². The fourth-order valence-electron chi connectivity index (χ4n) is 2.73. The second kappa shape index (κ2) is 5.80. The van der Waals surface area contributed by atoms with Crippen molar-refractivity contribution in [2.24, 2.45) is 0 Å². The molecule has 0 saturated carbocycles. The Morgan fingerprint density at radius 1 is 1.44 bits per heavy atom. The minimum Gasteiger partial charge on any atom is -0.372 e. The zero-order valence-electron chi connectivity index (χ0n) is 10.5. The van der Waals surface area contributed by atoms with E-state index in [1.54, 1.807) is 0 Å². The van der Waals surface area contributed by atoms with E-state index < -0.39 is 0 Å². The van der Waals surface area contributed by atoms with Gasteiger partial charge in [0, 0.05) is 26.2 Å². The fourth-order valence-corrected chi connectivity index (χ4v) is 2.73. The van der Waals surface area contributed by atoms with Crippen LogP contribution in [-0.4, -0.2) is 50.3 Å². The van der Waals surface area contributed by atoms with Crippen molar-refractivity contribution in [1.29, 1.82) is 0 Å². The van der Waals surface area contributed by atoms with Crippen molar-refractivity contribution in [2.75, 3.05) is 33.2 Å². The zero-order valence-corrected chi connectivity index (χ0v) is 10.5. The first-order chi connectivity index (χ1) is 7.78. The van der Waals surface area contributed by atoms with E-state index in [0.717, 1.165) is 19.6 Å². The summed E-state index contributed by atoms with van der Waals surface area (Å²) in [6.45, 7) is 6.68. The molecule has 1 N–H and O–H groups in total. The molecule has 1 fully saturated rings. The summed E-state index contributed by atoms with van der Waals surface area (Å²) in [5.41, 5.74) is 1.51. The molecule has 3 nitrogen and oxygen atoms in total. The third kappa shape index (κ3) is 3.30. The van der Waals surface area contributed by atoms with Crippen LogP contribution in [0.4, 0.5) is 0 Å². The van der Waals surface area contributed by atoms with Gasteiger partial charge in [0.2, 0.25) is 0 Å². The molecular formula is C13H24N2O. The highest BCUT2D eigenvalue weighted by Crippen LogP contribution is 2.21. The molecule has 0 aromatic rings. The van der Waals surface area contributed by atoms with Crippen LogP contribution in [0.2, 0.25) is 0 Å². The normalized spacial score (nSPS) is 31.8. The van der Waals surface area contributed by atoms with Crippen molar-refractivity contribution in [3.63, 3.8) is 0 Å². The van der Waals surface area contributed by atoms with Gasteiger partial charge >= 0.3 is 0 Å². The highest BCUT2D eigenvalue weighted by Gasteiger charge is 2.26. The highest BCUT2D eigenvalue weighted by molar-refractivity contribution is 5.04. The number of nitrogens with one attached hydrogen (secondary N) is 1. The summed E-state index contributed by atoms with van der Waals surface area (Å²) in [7, 11) is 2.00. The molecule has 0 radical (unpaired) electrons. The molecule has 0 spiro atoms. The Balaban J connectivity index is 1.72. The highest BCUT2D eigenvalue weighted by atomic mass is 16.5. The summed E-state index contributed by atoms with van der Waals surface area (Å²) in [5, 5.41) is 3.19. The Morgan fingerprint density at radius 2 is 2.25 bits per heavy atom. The standard InChI is InChI=1S/C13H24N2O/c1-11-4-3-7-15(9-11)10-13-6-5-12(16-13)8-14-2/h4,12-14H,3,5-10H2,1-2H3. The third-order valence-electron chi connectivity index (χ3n) is 3.50. The molecule has 0 bridgehead atoms. The third-order valence-corrected chi connectivity index (χ3v) is 3.50. The van der Waals surface area contributed by atoms with Crippen LogP contribution in [0.5, 0.6) is 0 Å². The molecule has 2 aliphatic heterocycles. The number of likely N-dealkylation sites (N-methyl/N-ethyl adjacent to an activating group) is 1. The lowest BCUT2D eigenvalue weighted by atomic mass is 10.1. The van der Waals surface area contributed by atoms with Gasteiger partial charge in [0.15, 0.2) is 0 Å². The van der Waals surface area contributed by atoms with Crippen LogP contribution in [0, 0.1) is 0 Å². The van der Waals surface area contributed by atoms with E-state index in [-0.39, 0.29) is 0 Å². The lowest BCUT2D eigenvalue weighted by Crippen LogP contribution is -2.36. The average Bonchev–Trinajstić information content (AvgIpc) is 2.66. The van der Waals surface area contributed by atoms with Crippen molar-refractivity contribution < 1.29 is 4.74 Å². The lowest BCUT2D eigenvalue weighted by molar-refractivity contribution is 0.0253. The summed E-state index contributed by atoms with van der Waals surface area (Å²) in [4.78, 5) is 2.53. The molecule has 0 aromatic heterocycles. The maximum Gasteiger partial charge on any atom is 0.0707 e. The summed E-state index contributed by atoms with van der Waals surface area (Å²) < 4.78 is 6.02. The molecule has 2 heterocycles. The van der Waals surface area contributed by atoms with Crippen LogP contribution in [0.3, 0.4) is 0 Å². The van der Waals surface area contributed by atoms with Gasteiger partial charge < -0.3 is 10.1 Å². The fraction of sp³-hybridized carbons (Fsp3) is 0.846. The lowest BCUT2D eigenvalue weighted by Gasteiger charge is -2.28. The van der Waals surface area contributed by atoms with Crippen molar-refractivity contribution in [1.82, 2.24) is 10.2 Å². The molecular weight excluding hydrogens is 200 g/mol. The minimum atomic E-state index is 0.441. The first-order valence-electron chi connectivity index (χ1n) is 6.46. The quantitative estimate of drug-likeness (QED) is 0.731. The van der Waals surface area contributed by atoms with E-state index in [4.69, 9.17) is 4.74 Å². The number of hydrogen-bond donors (Lipinski definition) is 1. The second-order valence-corrected chi connectivity index (χ2v) is 5.09. The van der Waals surface area contributed by atoms with E-state index in [1.807, 2.05) is 7.05 Å². The van der Waals surface area contributed by atoms with E-state index in [2.05, 4.69) is 23.2 Å². The molecule has 0 aliphatic carbocycles. The number of ether oxygens (including phenoxy) is 1. The number of nitrogens with zero attached hydrogens (tertiary/aromatic N) is 1. The van der Waals surface area contributed by atoms with Crippen LogP contribution in [0.1, 0.15) is 26.2 Å². The van der Waals surface area contributed by atoms with E-state index in [1.165, 1.54) is 31.4 Å². The van der Waals surface area contributed by atoms with E-state index in [0.29, 0.717) is 12.2 Å². The molecule has 16 heavy (non-hydrogen) atoms. The predicted molar refractivity (Wildman–Crippen MR) is 66.6 cm³/mol. The molecule has 2 aliphatic rings. The molecule has 3 heteroatoms. The molecule has 0 aromatic carbocycles. The van der Waals surface area contributed by atoms with Crippen LogP contribution >= 0.6 is 0 Å². The molecule has 2 atom stereocenters. The van der Waals surface area contributed by atoms with Gasteiger partial charge in [-0.15, -0.1) is 0 Å². The predicted octanol–water partition coefficient (Wildman–Crippen LogP) is 1.41. The molecule has 0 amide bonds. The van der Waals surface area contributed by atoms with Crippen LogP contribution in [0.25, 0.3) is 0 Å². The van der Waals surface area contributed by atoms with Crippen molar-refractivity contribution in [2.45, 2.75) is 38.4 Å². The van der Waals surface area contributed by atoms with Crippen molar-refractivity contribution in [3.05, 3.63) is 11.6 Å². The van der Waals surface area contributed by atoms with Crippen LogP contribution in [0.15, 0.2) is 11.6 Å². The van der Waals surface area contributed by atoms with Crippen LogP contribution in [-0.2, 0) is 4.74 Å². The summed E-state index contributed by atoms with van der Waals surface area (Å²) in [5.74, 6) is 0. The van der Waals surface area contributed by atoms with Gasteiger partial charge in [-0.25, -0.2) is 0 Å². The monoisotopic (exact) mass is 224 g/mol. The maximum atomic E-state index is 6.02. The van der Waals surface area contributed by atoms with Gasteiger partial charge in [0.25, 0.3) is 0 Å². The summed E-state index contributed by atoms with van der Waals surface area (Å²) in [6, 6.07) is 0. The molecule has 1 saturated heterocycles. The Bertz CT molecular complexity index is 252. The zero-order chi connectivity index (χ0) is 11.4. The van der Waals surface area contributed by atoms with Gasteiger partial charge in [-0.1, -0.05) is 11.6 Å². The number of hydrogen-bond acceptors (Lipinski definition) is 3. The van der Waals surface area contributed by atoms with Crippen LogP contribution < -0.4 is 5.32 Å². The van der Waals surface area contributed by atoms with Gasteiger partial charge in [0.05, 0.1) is 12.2 Å². The topological polar surface area (TPSA) is 24.5 Å². The number of rotatable bonds is 4. The Labute approximate surface area is 98.8 Å². The molecule has 2 rings (SSSR count). The van der Waals surface area contributed by atoms with E-state index >= 15 is 0 Å². The first-order valence-corrected chi connectivity index (χ1v) is 6.46. The minimum absolute atomic E-state index is 0.441. The smallest absolute Gasteiger partial charge is 0.0707 e. The molecule has 2 unspecified atom stereocenters. The average molecular weight is 224 g/mol. The first kappa shape index (κ1) is 12.1. The van der Waals surface area contributed by atoms with Gasteiger partial charge in [-0.3, -0.25) is 4.90 Å². The van der Waals surface area contributed by atoms with Gasteiger partial charge in [-0.05, 0) is 33.2 Å².